The zero-order valence-corrected chi connectivity index (χ0v) is 6.37. The van der Waals surface area contributed by atoms with Crippen molar-refractivity contribution in [2.75, 3.05) is 6.54 Å². The summed E-state index contributed by atoms with van der Waals surface area (Å²) in [7, 11) is 0. The number of rotatable bonds is 2. The van der Waals surface area contributed by atoms with Gasteiger partial charge in [-0.3, -0.25) is 4.79 Å². The lowest BCUT2D eigenvalue weighted by molar-refractivity contribution is 0.0958. The number of carbonyl (C=O) groups is 1. The normalized spacial score (nSPS) is 8.58. The zero-order chi connectivity index (χ0) is 8.81. The molecule has 1 N–H and O–H groups in total. The van der Waals surface area contributed by atoms with Crippen LogP contribution in [0.2, 0.25) is 0 Å². The van der Waals surface area contributed by atoms with Crippen molar-refractivity contribution in [1.29, 1.82) is 5.26 Å². The topological polar surface area (TPSA) is 52.9 Å². The first kappa shape index (κ1) is 8.28. The summed E-state index contributed by atoms with van der Waals surface area (Å²) in [4.78, 5) is 11.1. The summed E-state index contributed by atoms with van der Waals surface area (Å²) in [5.41, 5.74) is 0.521. The molecule has 12 heavy (non-hydrogen) atoms. The van der Waals surface area contributed by atoms with Gasteiger partial charge in [-0.25, -0.2) is 0 Å². The van der Waals surface area contributed by atoms with Gasteiger partial charge < -0.3 is 5.32 Å². The Kier molecular flexibility index (Phi) is 2.86. The highest BCUT2D eigenvalue weighted by Crippen LogP contribution is 1.96. The monoisotopic (exact) mass is 159 g/mol. The Hall–Kier alpha value is -1.82. The van der Waals surface area contributed by atoms with Gasteiger partial charge in [0.2, 0.25) is 0 Å². The Morgan fingerprint density at radius 2 is 2.58 bits per heavy atom. The van der Waals surface area contributed by atoms with Gasteiger partial charge in [-0.15, -0.1) is 0 Å². The van der Waals surface area contributed by atoms with Crippen LogP contribution in [0.15, 0.2) is 24.3 Å². The summed E-state index contributed by atoms with van der Waals surface area (Å²) in [6.45, 7) is 0.0354. The third-order valence-corrected chi connectivity index (χ3v) is 1.30. The number of benzene rings is 1. The average molecular weight is 159 g/mol. The van der Waals surface area contributed by atoms with Crippen LogP contribution >= 0.6 is 0 Å². The van der Waals surface area contributed by atoms with Gasteiger partial charge in [0.05, 0.1) is 6.07 Å². The van der Waals surface area contributed by atoms with E-state index in [0.29, 0.717) is 5.56 Å². The molecule has 0 saturated carbocycles. The van der Waals surface area contributed by atoms with E-state index in [4.69, 9.17) is 5.26 Å². The third-order valence-electron chi connectivity index (χ3n) is 1.30. The van der Waals surface area contributed by atoms with Gasteiger partial charge in [0.25, 0.3) is 5.91 Å². The molecule has 0 saturated heterocycles. The molecule has 0 aliphatic carbocycles. The van der Waals surface area contributed by atoms with E-state index in [1.165, 1.54) is 0 Å². The van der Waals surface area contributed by atoms with Gasteiger partial charge in [0, 0.05) is 5.56 Å². The Morgan fingerprint density at radius 3 is 3.17 bits per heavy atom. The first-order valence-electron chi connectivity index (χ1n) is 3.46. The Balaban J connectivity index is 2.61. The van der Waals surface area contributed by atoms with E-state index >= 15 is 0 Å². The Labute approximate surface area is 70.6 Å². The average Bonchev–Trinajstić information content (AvgIpc) is 2.15. The summed E-state index contributed by atoms with van der Waals surface area (Å²) in [6, 6.07) is 11.3. The second-order valence-corrected chi connectivity index (χ2v) is 2.13. The quantitative estimate of drug-likeness (QED) is 0.647. The van der Waals surface area contributed by atoms with E-state index in [1.807, 2.05) is 6.07 Å². The minimum absolute atomic E-state index is 0.0354. The van der Waals surface area contributed by atoms with E-state index in [0.717, 1.165) is 0 Å². The molecule has 0 unspecified atom stereocenters. The van der Waals surface area contributed by atoms with Crippen molar-refractivity contribution in [2.45, 2.75) is 0 Å². The van der Waals surface area contributed by atoms with Crippen LogP contribution in [0, 0.1) is 17.4 Å². The molecule has 1 rings (SSSR count). The summed E-state index contributed by atoms with van der Waals surface area (Å²) >= 11 is 0. The molecular weight excluding hydrogens is 152 g/mol. The van der Waals surface area contributed by atoms with Crippen LogP contribution in [-0.4, -0.2) is 12.5 Å². The van der Waals surface area contributed by atoms with Gasteiger partial charge in [-0.1, -0.05) is 12.1 Å². The fourth-order valence-electron chi connectivity index (χ4n) is 0.756. The number of nitrogens with one attached hydrogen (secondary N) is 1. The summed E-state index contributed by atoms with van der Waals surface area (Å²) in [5, 5.41) is 10.6. The molecule has 0 heterocycles. The highest BCUT2D eigenvalue weighted by molar-refractivity contribution is 5.94. The molecule has 1 aromatic carbocycles. The van der Waals surface area contributed by atoms with E-state index in [9.17, 15) is 4.79 Å². The van der Waals surface area contributed by atoms with Crippen LogP contribution in [0.3, 0.4) is 0 Å². The predicted molar refractivity (Wildman–Crippen MR) is 43.2 cm³/mol. The minimum atomic E-state index is -0.242. The molecule has 0 aromatic heterocycles. The molecule has 59 valence electrons. The fourth-order valence-corrected chi connectivity index (χ4v) is 0.756. The number of nitrogens with zero attached hydrogens (tertiary/aromatic N) is 1. The smallest absolute Gasteiger partial charge is 0.252 e. The molecule has 0 atom stereocenters. The van der Waals surface area contributed by atoms with Gasteiger partial charge in [-0.2, -0.15) is 5.26 Å². The lowest BCUT2D eigenvalue weighted by Crippen LogP contribution is -2.23. The van der Waals surface area contributed by atoms with E-state index in [-0.39, 0.29) is 12.5 Å². The number of hydrogen-bond acceptors (Lipinski definition) is 2. The van der Waals surface area contributed by atoms with Crippen molar-refractivity contribution in [3.8, 4) is 6.07 Å². The molecule has 0 bridgehead atoms. The first-order valence-corrected chi connectivity index (χ1v) is 3.46. The van der Waals surface area contributed by atoms with Crippen molar-refractivity contribution in [3.05, 3.63) is 35.9 Å². The zero-order valence-electron chi connectivity index (χ0n) is 6.37. The number of hydrogen-bond donors (Lipinski definition) is 1. The maximum atomic E-state index is 11.1. The van der Waals surface area contributed by atoms with E-state index in [2.05, 4.69) is 11.4 Å². The molecule has 0 spiro atoms. The Bertz CT molecular complexity index is 300. The van der Waals surface area contributed by atoms with Gasteiger partial charge in [-0.05, 0) is 18.2 Å². The van der Waals surface area contributed by atoms with Gasteiger partial charge in [0.15, 0.2) is 0 Å². The molecule has 0 aliphatic heterocycles. The third kappa shape index (κ3) is 2.10. The number of amides is 1. The summed E-state index contributed by atoms with van der Waals surface area (Å²) in [5.74, 6) is -0.242. The first-order chi connectivity index (χ1) is 5.84. The highest BCUT2D eigenvalue weighted by atomic mass is 16.1. The van der Waals surface area contributed by atoms with Gasteiger partial charge in [0.1, 0.15) is 6.54 Å². The van der Waals surface area contributed by atoms with Crippen LogP contribution in [-0.2, 0) is 0 Å². The van der Waals surface area contributed by atoms with Crippen molar-refractivity contribution in [1.82, 2.24) is 5.32 Å². The van der Waals surface area contributed by atoms with Crippen molar-refractivity contribution in [3.63, 3.8) is 0 Å². The summed E-state index contributed by atoms with van der Waals surface area (Å²) < 4.78 is 0. The SMILES string of the molecule is N#CCNC(=O)c1c[c]ccc1. The van der Waals surface area contributed by atoms with Crippen molar-refractivity contribution in [2.24, 2.45) is 0 Å². The number of carbonyl (C=O) groups excluding carboxylic acids is 1. The lowest BCUT2D eigenvalue weighted by Gasteiger charge is -1.98. The standard InChI is InChI=1S/C9H7N2O/c10-6-7-11-9(12)8-4-2-1-3-5-8/h1-2,4-5H,7H2,(H,11,12). The second kappa shape index (κ2) is 4.14. The summed E-state index contributed by atoms with van der Waals surface area (Å²) in [6.07, 6.45) is 0. The van der Waals surface area contributed by atoms with Crippen LogP contribution in [0.4, 0.5) is 0 Å². The van der Waals surface area contributed by atoms with Crippen molar-refractivity contribution < 1.29 is 4.79 Å². The number of nitriles is 1. The fraction of sp³-hybridized carbons (Fsp3) is 0.111. The van der Waals surface area contributed by atoms with Crippen LogP contribution in [0.25, 0.3) is 0 Å². The van der Waals surface area contributed by atoms with Crippen molar-refractivity contribution >= 4 is 5.91 Å². The molecule has 0 fully saturated rings. The molecule has 0 aliphatic rings. The Morgan fingerprint density at radius 1 is 1.75 bits per heavy atom. The van der Waals surface area contributed by atoms with Crippen LogP contribution in [0.1, 0.15) is 10.4 Å². The maximum absolute atomic E-state index is 11.1. The molecule has 1 radical (unpaired) electrons. The molecule has 3 heteroatoms. The second-order valence-electron chi connectivity index (χ2n) is 2.13. The molecule has 1 amide bonds. The lowest BCUT2D eigenvalue weighted by atomic mass is 10.2. The highest BCUT2D eigenvalue weighted by Gasteiger charge is 2.01. The molecular formula is C9H7N2O. The van der Waals surface area contributed by atoms with Gasteiger partial charge >= 0.3 is 0 Å². The minimum Gasteiger partial charge on any atom is -0.339 e. The van der Waals surface area contributed by atoms with Crippen LogP contribution in [0.5, 0.6) is 0 Å². The maximum Gasteiger partial charge on any atom is 0.252 e. The molecule has 3 nitrogen and oxygen atoms in total. The largest absolute Gasteiger partial charge is 0.339 e. The van der Waals surface area contributed by atoms with E-state index < -0.39 is 0 Å². The van der Waals surface area contributed by atoms with Crippen LogP contribution < -0.4 is 5.32 Å². The van der Waals surface area contributed by atoms with E-state index in [1.54, 1.807) is 24.3 Å². The molecule has 1 aromatic rings. The predicted octanol–water partition coefficient (Wildman–Crippen LogP) is 0.740.